The van der Waals surface area contributed by atoms with Crippen molar-refractivity contribution >= 4 is 17.7 Å². The van der Waals surface area contributed by atoms with Gasteiger partial charge in [-0.25, -0.2) is 4.79 Å². The van der Waals surface area contributed by atoms with Crippen LogP contribution in [0.4, 0.5) is 10.5 Å². The fraction of sp³-hybridized carbons (Fsp3) is 0.333. The topological polar surface area (TPSA) is 49.9 Å². The van der Waals surface area contributed by atoms with Crippen LogP contribution < -0.4 is 4.90 Å². The molecule has 26 heavy (non-hydrogen) atoms. The molecule has 2 aliphatic heterocycles. The van der Waals surface area contributed by atoms with Crippen molar-refractivity contribution in [2.75, 3.05) is 31.6 Å². The number of nitrogens with zero attached hydrogens (tertiary/aromatic N) is 2. The summed E-state index contributed by atoms with van der Waals surface area (Å²) in [5.41, 5.74) is 2.58. The number of hydrogen-bond donors (Lipinski definition) is 0. The molecule has 0 aromatic heterocycles. The molecular formula is C21H22N2O3. The van der Waals surface area contributed by atoms with Crippen LogP contribution in [0.25, 0.3) is 0 Å². The number of fused-ring (bicyclic) bond motifs is 2. The molecule has 2 aromatic carbocycles. The van der Waals surface area contributed by atoms with Crippen molar-refractivity contribution < 1.29 is 14.3 Å². The molecule has 0 radical (unpaired) electrons. The third kappa shape index (κ3) is 2.55. The molecule has 1 unspecified atom stereocenters. The van der Waals surface area contributed by atoms with Gasteiger partial charge in [0.05, 0.1) is 12.5 Å². The number of carbonyl (C=O) groups is 2. The number of ether oxygens (including phenoxy) is 1. The lowest BCUT2D eigenvalue weighted by molar-refractivity contribution is -0.122. The first kappa shape index (κ1) is 16.6. The predicted molar refractivity (Wildman–Crippen MR) is 99.2 cm³/mol. The quantitative estimate of drug-likeness (QED) is 0.855. The number of carbonyl (C=O) groups excluding carboxylic acids is 2. The van der Waals surface area contributed by atoms with Crippen LogP contribution in [0.1, 0.15) is 17.5 Å². The molecular weight excluding hydrogens is 328 g/mol. The third-order valence-electron chi connectivity index (χ3n) is 5.53. The van der Waals surface area contributed by atoms with E-state index in [2.05, 4.69) is 12.1 Å². The number of methoxy groups -OCH3 is 1. The smallest absolute Gasteiger partial charge is 0.409 e. The zero-order valence-electron chi connectivity index (χ0n) is 14.9. The van der Waals surface area contributed by atoms with E-state index in [1.54, 1.807) is 4.90 Å². The maximum atomic E-state index is 13.4. The van der Waals surface area contributed by atoms with Gasteiger partial charge in [0, 0.05) is 25.3 Å². The van der Waals surface area contributed by atoms with Gasteiger partial charge in [0.25, 0.3) is 0 Å². The Kier molecular flexibility index (Phi) is 4.15. The van der Waals surface area contributed by atoms with Gasteiger partial charge in [-0.1, -0.05) is 48.5 Å². The van der Waals surface area contributed by atoms with Gasteiger partial charge in [-0.05, 0) is 30.0 Å². The van der Waals surface area contributed by atoms with Gasteiger partial charge < -0.3 is 14.5 Å². The van der Waals surface area contributed by atoms with Crippen LogP contribution in [-0.2, 0) is 21.4 Å². The van der Waals surface area contributed by atoms with Crippen molar-refractivity contribution in [3.8, 4) is 0 Å². The van der Waals surface area contributed by atoms with Crippen molar-refractivity contribution in [2.24, 2.45) is 0 Å². The summed E-state index contributed by atoms with van der Waals surface area (Å²) >= 11 is 0. The van der Waals surface area contributed by atoms with Crippen LogP contribution in [0.15, 0.2) is 54.6 Å². The number of amides is 2. The highest BCUT2D eigenvalue weighted by atomic mass is 16.5. The SMILES string of the molecule is COC(=O)N1CCC2(C1)C(=O)N(CCc1ccccc1)c1ccccc12. The van der Waals surface area contributed by atoms with E-state index in [1.165, 1.54) is 12.7 Å². The van der Waals surface area contributed by atoms with Gasteiger partial charge in [0.15, 0.2) is 0 Å². The second-order valence-electron chi connectivity index (χ2n) is 6.93. The Morgan fingerprint density at radius 2 is 1.85 bits per heavy atom. The zero-order chi connectivity index (χ0) is 18.1. The van der Waals surface area contributed by atoms with Crippen LogP contribution in [0.5, 0.6) is 0 Å². The standard InChI is InChI=1S/C21H22N2O3/c1-26-20(25)22-14-12-21(15-22)17-9-5-6-10-18(17)23(19(21)24)13-11-16-7-3-2-4-8-16/h2-10H,11-15H2,1H3. The first-order valence-electron chi connectivity index (χ1n) is 8.94. The Morgan fingerprint density at radius 1 is 1.12 bits per heavy atom. The molecule has 2 aliphatic rings. The lowest BCUT2D eigenvalue weighted by atomic mass is 9.81. The molecule has 0 N–H and O–H groups in total. The fourth-order valence-electron chi connectivity index (χ4n) is 4.19. The number of anilines is 1. The molecule has 4 rings (SSSR count). The molecule has 134 valence electrons. The summed E-state index contributed by atoms with van der Waals surface area (Å²) in [6, 6.07) is 18.2. The molecule has 5 heteroatoms. The molecule has 0 bridgehead atoms. The molecule has 0 saturated carbocycles. The summed E-state index contributed by atoms with van der Waals surface area (Å²) in [7, 11) is 1.38. The van der Waals surface area contributed by atoms with Crippen molar-refractivity contribution in [1.82, 2.24) is 4.90 Å². The summed E-state index contributed by atoms with van der Waals surface area (Å²) in [6.07, 6.45) is 1.08. The average molecular weight is 350 g/mol. The molecule has 2 aromatic rings. The summed E-state index contributed by atoms with van der Waals surface area (Å²) in [5, 5.41) is 0. The minimum Gasteiger partial charge on any atom is -0.453 e. The van der Waals surface area contributed by atoms with Crippen LogP contribution in [0, 0.1) is 0 Å². The van der Waals surface area contributed by atoms with Crippen LogP contribution in [0.2, 0.25) is 0 Å². The number of likely N-dealkylation sites (tertiary alicyclic amines) is 1. The zero-order valence-corrected chi connectivity index (χ0v) is 14.9. The molecule has 2 heterocycles. The Hall–Kier alpha value is -2.82. The van der Waals surface area contributed by atoms with Gasteiger partial charge in [-0.15, -0.1) is 0 Å². The van der Waals surface area contributed by atoms with Gasteiger partial charge >= 0.3 is 6.09 Å². The molecule has 1 fully saturated rings. The number of hydrogen-bond acceptors (Lipinski definition) is 3. The van der Waals surface area contributed by atoms with Gasteiger partial charge in [0.2, 0.25) is 5.91 Å². The van der Waals surface area contributed by atoms with Gasteiger partial charge in [-0.2, -0.15) is 0 Å². The van der Waals surface area contributed by atoms with Crippen LogP contribution in [0.3, 0.4) is 0 Å². The Balaban J connectivity index is 1.62. The second-order valence-corrected chi connectivity index (χ2v) is 6.93. The van der Waals surface area contributed by atoms with E-state index < -0.39 is 5.41 Å². The minimum atomic E-state index is -0.637. The van der Waals surface area contributed by atoms with E-state index >= 15 is 0 Å². The fourth-order valence-corrected chi connectivity index (χ4v) is 4.19. The third-order valence-corrected chi connectivity index (χ3v) is 5.53. The highest BCUT2D eigenvalue weighted by Gasteiger charge is 2.55. The van der Waals surface area contributed by atoms with E-state index in [9.17, 15) is 9.59 Å². The molecule has 0 aliphatic carbocycles. The summed E-state index contributed by atoms with van der Waals surface area (Å²) in [5.74, 6) is 0.0982. The highest BCUT2D eigenvalue weighted by molar-refractivity contribution is 6.08. The minimum absolute atomic E-state index is 0.0982. The molecule has 1 atom stereocenters. The second kappa shape index (κ2) is 6.48. The number of para-hydroxylation sites is 1. The number of rotatable bonds is 3. The monoisotopic (exact) mass is 350 g/mol. The average Bonchev–Trinajstić information content (AvgIpc) is 3.23. The lowest BCUT2D eigenvalue weighted by Gasteiger charge is -2.24. The normalized spacial score (nSPS) is 21.3. The van der Waals surface area contributed by atoms with Gasteiger partial charge in [-0.3, -0.25) is 4.79 Å². The Bertz CT molecular complexity index is 836. The van der Waals surface area contributed by atoms with E-state index in [1.807, 2.05) is 47.4 Å². The lowest BCUT2D eigenvalue weighted by Crippen LogP contribution is -2.43. The van der Waals surface area contributed by atoms with Crippen molar-refractivity contribution in [1.29, 1.82) is 0 Å². The molecule has 1 spiro atoms. The maximum absolute atomic E-state index is 13.4. The highest BCUT2D eigenvalue weighted by Crippen LogP contribution is 2.47. The first-order valence-corrected chi connectivity index (χ1v) is 8.94. The predicted octanol–water partition coefficient (Wildman–Crippen LogP) is 2.99. The molecule has 2 amide bonds. The van der Waals surface area contributed by atoms with Crippen LogP contribution >= 0.6 is 0 Å². The Labute approximate surface area is 153 Å². The van der Waals surface area contributed by atoms with Crippen molar-refractivity contribution in [3.63, 3.8) is 0 Å². The van der Waals surface area contributed by atoms with E-state index in [0.29, 0.717) is 26.1 Å². The maximum Gasteiger partial charge on any atom is 0.409 e. The van der Waals surface area contributed by atoms with Crippen molar-refractivity contribution in [3.05, 3.63) is 65.7 Å². The summed E-state index contributed by atoms with van der Waals surface area (Å²) < 4.78 is 4.85. The van der Waals surface area contributed by atoms with E-state index in [-0.39, 0.29) is 12.0 Å². The summed E-state index contributed by atoms with van der Waals surface area (Å²) in [4.78, 5) is 28.9. The van der Waals surface area contributed by atoms with Crippen molar-refractivity contribution in [2.45, 2.75) is 18.3 Å². The largest absolute Gasteiger partial charge is 0.453 e. The molecule has 5 nitrogen and oxygen atoms in total. The number of benzene rings is 2. The summed E-state index contributed by atoms with van der Waals surface area (Å²) in [6.45, 7) is 1.57. The Morgan fingerprint density at radius 3 is 2.62 bits per heavy atom. The molecule has 1 saturated heterocycles. The van der Waals surface area contributed by atoms with E-state index in [0.717, 1.165) is 17.7 Å². The first-order chi connectivity index (χ1) is 12.7. The van der Waals surface area contributed by atoms with E-state index in [4.69, 9.17) is 4.74 Å². The van der Waals surface area contributed by atoms with Gasteiger partial charge in [0.1, 0.15) is 0 Å². The van der Waals surface area contributed by atoms with Crippen LogP contribution in [-0.4, -0.2) is 43.6 Å².